The van der Waals surface area contributed by atoms with E-state index in [1.807, 2.05) is 23.0 Å². The Morgan fingerprint density at radius 1 is 1.08 bits per heavy atom. The fourth-order valence-electron chi connectivity index (χ4n) is 3.35. The minimum absolute atomic E-state index is 0. The molecule has 20 heteroatoms. The number of halogens is 1. The van der Waals surface area contributed by atoms with Crippen molar-refractivity contribution in [3.05, 3.63) is 45.7 Å². The van der Waals surface area contributed by atoms with Gasteiger partial charge in [-0.05, 0) is 36.7 Å². The number of allylic oxidation sites excluding steroid dienone is 2. The van der Waals surface area contributed by atoms with Gasteiger partial charge in [0.25, 0.3) is 6.47 Å². The molecule has 48 heavy (non-hydrogen) atoms. The number of amidine groups is 1. The van der Waals surface area contributed by atoms with Crippen molar-refractivity contribution in [2.24, 2.45) is 10.7 Å². The molecule has 5 heterocycles. The number of aromatic nitrogens is 4. The van der Waals surface area contributed by atoms with E-state index in [-0.39, 0.29) is 117 Å². The summed E-state index contributed by atoms with van der Waals surface area (Å²) in [6.07, 6.45) is 5.75. The summed E-state index contributed by atoms with van der Waals surface area (Å²) in [5, 5.41) is 15.8. The maximum Gasteiger partial charge on any atom is 1.00 e. The number of hydrogen-bond donors (Lipinski definition) is 1. The zero-order valence-corrected chi connectivity index (χ0v) is 36.0. The predicted octanol–water partition coefficient (Wildman–Crippen LogP) is -4.85. The molecule has 0 atom stereocenters. The number of fused-ring (bicyclic) bond motifs is 2. The molecule has 5 rings (SSSR count). The minimum atomic E-state index is -0.181. The van der Waals surface area contributed by atoms with Crippen LogP contribution in [0.2, 0.25) is 0 Å². The second kappa shape index (κ2) is 33.2. The molecule has 3 aliphatic heterocycles. The largest absolute Gasteiger partial charge is 1.00 e. The Bertz CT molecular complexity index is 1290. The number of rotatable bonds is 6. The molecular formula is C28H40BrK2N7O10. The van der Waals surface area contributed by atoms with Crippen molar-refractivity contribution in [3.63, 3.8) is 0 Å². The van der Waals surface area contributed by atoms with Crippen LogP contribution in [0, 0.1) is 11.3 Å². The number of ether oxygens (including phenoxy) is 4. The van der Waals surface area contributed by atoms with Gasteiger partial charge in [-0.2, -0.15) is 5.26 Å². The molecule has 0 saturated heterocycles. The number of imidazole rings is 2. The van der Waals surface area contributed by atoms with Crippen LogP contribution >= 0.6 is 15.9 Å². The van der Waals surface area contributed by atoms with Crippen LogP contribution in [0.4, 0.5) is 0 Å². The SMILES string of the molecule is C/C(OC(C)C)=C(\Br)C=O.CC#N.NC1=NCCOC1.O=CO[O-].O=Cc1cn2c(n1)COCC2.O=Cc1cnc2n1CCOC2.[H-].[K+].[K+]. The van der Waals surface area contributed by atoms with Gasteiger partial charge in [0.2, 0.25) is 0 Å². The molecule has 2 aromatic rings. The quantitative estimate of drug-likeness (QED) is 0.0722. The number of hydrogen-bond acceptors (Lipinski definition) is 15. The molecule has 0 aromatic carbocycles. The van der Waals surface area contributed by atoms with Gasteiger partial charge < -0.3 is 45.4 Å². The van der Waals surface area contributed by atoms with Crippen molar-refractivity contribution in [1.82, 2.24) is 19.1 Å². The first-order valence-electron chi connectivity index (χ1n) is 13.7. The molecule has 0 aliphatic carbocycles. The van der Waals surface area contributed by atoms with Gasteiger partial charge in [-0.1, -0.05) is 0 Å². The molecule has 0 unspecified atom stereocenters. The molecule has 2 aromatic heterocycles. The van der Waals surface area contributed by atoms with E-state index in [9.17, 15) is 14.4 Å². The molecule has 0 fully saturated rings. The monoisotopic (exact) mass is 791 g/mol. The summed E-state index contributed by atoms with van der Waals surface area (Å²) >= 11 is 3.06. The topological polar surface area (TPSA) is 235 Å². The zero-order chi connectivity index (χ0) is 34.7. The number of carbonyl (C=O) groups excluding carboxylic acids is 4. The third-order valence-corrected chi connectivity index (χ3v) is 5.92. The number of nitrogens with two attached hydrogens (primary N) is 1. The van der Waals surface area contributed by atoms with Gasteiger partial charge in [0.1, 0.15) is 54.5 Å². The smallest absolute Gasteiger partial charge is 1.00 e. The van der Waals surface area contributed by atoms with Crippen LogP contribution < -0.4 is 114 Å². The van der Waals surface area contributed by atoms with Crippen molar-refractivity contribution >= 4 is 47.1 Å². The number of nitrogens with zero attached hydrogens (tertiary/aromatic N) is 6. The van der Waals surface area contributed by atoms with E-state index in [0.29, 0.717) is 60.5 Å². The first-order chi connectivity index (χ1) is 22.1. The molecule has 0 amide bonds. The molecule has 256 valence electrons. The summed E-state index contributed by atoms with van der Waals surface area (Å²) in [5.41, 5.74) is 6.39. The maximum atomic E-state index is 10.4. The summed E-state index contributed by atoms with van der Waals surface area (Å²) in [6, 6.07) is 1.75. The molecule has 0 saturated carbocycles. The zero-order valence-electron chi connectivity index (χ0n) is 29.1. The Balaban J connectivity index is -0.000000256. The van der Waals surface area contributed by atoms with Crippen molar-refractivity contribution in [3.8, 4) is 6.07 Å². The Kier molecular flexibility index (Phi) is 35.5. The fraction of sp³-hybridized carbons (Fsp3) is 0.500. The van der Waals surface area contributed by atoms with Gasteiger partial charge in [-0.3, -0.25) is 24.2 Å². The van der Waals surface area contributed by atoms with Crippen LogP contribution in [-0.4, -0.2) is 89.3 Å². The van der Waals surface area contributed by atoms with E-state index in [1.54, 1.807) is 25.4 Å². The number of aliphatic imine (C=N–C) groups is 1. The van der Waals surface area contributed by atoms with Gasteiger partial charge >= 0.3 is 103 Å². The molecular weight excluding hydrogens is 752 g/mol. The normalized spacial score (nSPS) is 13.8. The van der Waals surface area contributed by atoms with E-state index in [1.165, 1.54) is 6.92 Å². The van der Waals surface area contributed by atoms with E-state index >= 15 is 0 Å². The average molecular weight is 793 g/mol. The average Bonchev–Trinajstić information content (AvgIpc) is 3.70. The number of nitriles is 1. The summed E-state index contributed by atoms with van der Waals surface area (Å²) in [5.74, 6) is 2.94. The fourth-order valence-corrected chi connectivity index (χ4v) is 3.45. The third kappa shape index (κ3) is 23.4. The van der Waals surface area contributed by atoms with Crippen LogP contribution in [0.3, 0.4) is 0 Å². The van der Waals surface area contributed by atoms with Crippen LogP contribution in [0.15, 0.2) is 27.6 Å². The van der Waals surface area contributed by atoms with Crippen LogP contribution in [-0.2, 0) is 59.7 Å². The molecule has 3 aliphatic rings. The van der Waals surface area contributed by atoms with Gasteiger partial charge in [-0.25, -0.2) is 9.97 Å². The van der Waals surface area contributed by atoms with Crippen LogP contribution in [0.1, 0.15) is 61.7 Å². The van der Waals surface area contributed by atoms with Crippen molar-refractivity contribution in [2.45, 2.75) is 60.1 Å². The molecule has 0 radical (unpaired) electrons. The predicted molar refractivity (Wildman–Crippen MR) is 165 cm³/mol. The standard InChI is InChI=1S/C7H11BrO2.2C7H8N2O2.C4H8N2O.C2H3N.CH2O3.2K.H/c1-5(2)10-6(3)7(8)4-9;10-4-6-3-9-1-2-11-5-7(9)8-6;10-4-6-3-8-7-5-11-2-1-9(6)7;5-4-3-7-2-1-6-4;1-2-3;2-1-4-3;;;/h4-5H,1-3H3;2*3-4H,1-2,5H2;1-3H2,(H2,5,6);1H3;1,3H;;;/q;;;;;;2*+1;-1/p-1/b7-6+;;;;;;;;. The summed E-state index contributed by atoms with van der Waals surface area (Å²) in [6.45, 7) is 12.8. The second-order valence-corrected chi connectivity index (χ2v) is 9.75. The van der Waals surface area contributed by atoms with E-state index in [4.69, 9.17) is 40.0 Å². The van der Waals surface area contributed by atoms with E-state index in [2.05, 4.69) is 35.8 Å². The molecule has 17 nitrogen and oxygen atoms in total. The van der Waals surface area contributed by atoms with Gasteiger partial charge in [0.05, 0.1) is 49.2 Å². The van der Waals surface area contributed by atoms with Gasteiger partial charge in [0.15, 0.2) is 18.9 Å². The van der Waals surface area contributed by atoms with E-state index in [0.717, 1.165) is 56.7 Å². The van der Waals surface area contributed by atoms with Crippen molar-refractivity contribution in [2.75, 3.05) is 33.0 Å². The number of aldehydes is 3. The summed E-state index contributed by atoms with van der Waals surface area (Å²) < 4.78 is 24.7. The first kappa shape index (κ1) is 51.4. The van der Waals surface area contributed by atoms with Crippen LogP contribution in [0.5, 0.6) is 0 Å². The first-order valence-corrected chi connectivity index (χ1v) is 14.5. The summed E-state index contributed by atoms with van der Waals surface area (Å²) in [7, 11) is 0. The summed E-state index contributed by atoms with van der Waals surface area (Å²) in [4.78, 5) is 54.1. The Morgan fingerprint density at radius 3 is 2.10 bits per heavy atom. The number of carbonyl (C=O) groups is 4. The van der Waals surface area contributed by atoms with Crippen molar-refractivity contribution in [1.29, 1.82) is 5.26 Å². The Morgan fingerprint density at radius 2 is 1.67 bits per heavy atom. The van der Waals surface area contributed by atoms with E-state index < -0.39 is 0 Å². The second-order valence-electron chi connectivity index (χ2n) is 8.90. The Labute approximate surface area is 374 Å². The molecule has 0 spiro atoms. The minimum Gasteiger partial charge on any atom is -1.00 e. The van der Waals surface area contributed by atoms with Crippen LogP contribution in [0.25, 0.3) is 0 Å². The Hall–Kier alpha value is -1.01. The van der Waals surface area contributed by atoms with Gasteiger partial charge in [0, 0.05) is 26.2 Å². The van der Waals surface area contributed by atoms with Gasteiger partial charge in [-0.15, -0.1) is 0 Å². The maximum absolute atomic E-state index is 10.4. The third-order valence-electron chi connectivity index (χ3n) is 5.18. The molecule has 2 N–H and O–H groups in total. The molecule has 0 bridgehead atoms. The van der Waals surface area contributed by atoms with Crippen molar-refractivity contribution < 1.29 is 152 Å².